The van der Waals surface area contributed by atoms with Gasteiger partial charge in [-0.1, -0.05) is 0 Å². The van der Waals surface area contributed by atoms with E-state index in [-0.39, 0.29) is 18.3 Å². The number of hydrogen-bond donors (Lipinski definition) is 1. The molecule has 0 saturated carbocycles. The third kappa shape index (κ3) is 3.85. The number of amides is 1. The van der Waals surface area contributed by atoms with Gasteiger partial charge in [-0.15, -0.1) is 12.4 Å². The number of morpholine rings is 1. The molecule has 1 aromatic rings. The molecule has 1 amide bonds. The molecular weight excluding hydrogens is 306 g/mol. The van der Waals surface area contributed by atoms with E-state index in [0.717, 1.165) is 25.5 Å². The van der Waals surface area contributed by atoms with E-state index in [9.17, 15) is 4.79 Å². The van der Waals surface area contributed by atoms with Gasteiger partial charge in [0, 0.05) is 38.8 Å². The molecule has 2 aliphatic heterocycles. The predicted molar refractivity (Wildman–Crippen MR) is 85.7 cm³/mol. The van der Waals surface area contributed by atoms with Crippen molar-refractivity contribution in [3.63, 3.8) is 0 Å². The number of nitrogens with zero attached hydrogens (tertiary/aromatic N) is 4. The molecule has 3 heterocycles. The summed E-state index contributed by atoms with van der Waals surface area (Å²) in [6, 6.07) is 0.416. The van der Waals surface area contributed by atoms with Gasteiger partial charge < -0.3 is 19.9 Å². The average Bonchev–Trinajstić information content (AvgIpc) is 2.55. The summed E-state index contributed by atoms with van der Waals surface area (Å²) in [5.41, 5.74) is 0.417. The van der Waals surface area contributed by atoms with Gasteiger partial charge in [-0.2, -0.15) is 0 Å². The molecule has 22 heavy (non-hydrogen) atoms. The van der Waals surface area contributed by atoms with E-state index in [1.165, 1.54) is 0 Å². The predicted octanol–water partition coefficient (Wildman–Crippen LogP) is 0.169. The summed E-state index contributed by atoms with van der Waals surface area (Å²) in [7, 11) is 0. The quantitative estimate of drug-likeness (QED) is 0.835. The SMILES string of the molecule is CC1CN(c2cncc(C(=O)N3CCOCC3)n2)CCN1.Cl. The highest BCUT2D eigenvalue weighted by molar-refractivity contribution is 5.92. The van der Waals surface area contributed by atoms with E-state index >= 15 is 0 Å². The Bertz CT molecular complexity index is 510. The van der Waals surface area contributed by atoms with Gasteiger partial charge in [-0.05, 0) is 6.92 Å². The number of rotatable bonds is 2. The number of carbonyl (C=O) groups is 1. The molecule has 2 saturated heterocycles. The zero-order valence-corrected chi connectivity index (χ0v) is 13.5. The van der Waals surface area contributed by atoms with E-state index in [1.54, 1.807) is 17.3 Å². The van der Waals surface area contributed by atoms with Gasteiger partial charge >= 0.3 is 0 Å². The fraction of sp³-hybridized carbons (Fsp3) is 0.643. The van der Waals surface area contributed by atoms with Crippen LogP contribution in [0.4, 0.5) is 5.82 Å². The van der Waals surface area contributed by atoms with Crippen LogP contribution in [0.25, 0.3) is 0 Å². The number of hydrogen-bond acceptors (Lipinski definition) is 6. The van der Waals surface area contributed by atoms with E-state index < -0.39 is 0 Å². The van der Waals surface area contributed by atoms with Crippen molar-refractivity contribution in [2.24, 2.45) is 0 Å². The molecule has 1 aromatic heterocycles. The van der Waals surface area contributed by atoms with Gasteiger partial charge in [0.05, 0.1) is 25.6 Å². The standard InChI is InChI=1S/C14H21N5O2.ClH/c1-11-10-19(3-2-16-11)13-9-15-8-12(17-13)14(20)18-4-6-21-7-5-18;/h8-9,11,16H,2-7,10H2,1H3;1H. The smallest absolute Gasteiger partial charge is 0.274 e. The second-order valence-corrected chi connectivity index (χ2v) is 5.47. The summed E-state index contributed by atoms with van der Waals surface area (Å²) in [6.45, 7) is 7.25. The lowest BCUT2D eigenvalue weighted by Crippen LogP contribution is -2.49. The zero-order chi connectivity index (χ0) is 14.7. The normalized spacial score (nSPS) is 22.1. The van der Waals surface area contributed by atoms with Gasteiger partial charge in [0.1, 0.15) is 11.5 Å². The highest BCUT2D eigenvalue weighted by atomic mass is 35.5. The Morgan fingerprint density at radius 2 is 2.09 bits per heavy atom. The Labute approximate surface area is 136 Å². The fourth-order valence-electron chi connectivity index (χ4n) is 2.68. The molecule has 0 bridgehead atoms. The molecule has 1 atom stereocenters. The van der Waals surface area contributed by atoms with Crippen LogP contribution in [0.5, 0.6) is 0 Å². The van der Waals surface area contributed by atoms with Crippen LogP contribution < -0.4 is 10.2 Å². The van der Waals surface area contributed by atoms with Crippen LogP contribution in [0, 0.1) is 0 Å². The molecule has 1 N–H and O–H groups in total. The molecule has 0 spiro atoms. The zero-order valence-electron chi connectivity index (χ0n) is 12.7. The maximum absolute atomic E-state index is 12.4. The molecule has 7 nitrogen and oxygen atoms in total. The summed E-state index contributed by atoms with van der Waals surface area (Å²) in [5.74, 6) is 0.721. The third-order valence-corrected chi connectivity index (χ3v) is 3.83. The monoisotopic (exact) mass is 327 g/mol. The molecule has 1 unspecified atom stereocenters. The first kappa shape index (κ1) is 16.9. The van der Waals surface area contributed by atoms with Crippen molar-refractivity contribution in [3.8, 4) is 0 Å². The van der Waals surface area contributed by atoms with Crippen molar-refractivity contribution in [1.29, 1.82) is 0 Å². The molecule has 0 aliphatic carbocycles. The van der Waals surface area contributed by atoms with E-state index in [2.05, 4.69) is 27.1 Å². The number of ether oxygens (including phenoxy) is 1. The Morgan fingerprint density at radius 3 is 2.82 bits per heavy atom. The number of aromatic nitrogens is 2. The summed E-state index contributed by atoms with van der Waals surface area (Å²) < 4.78 is 5.27. The van der Waals surface area contributed by atoms with Crippen LogP contribution in [-0.2, 0) is 4.74 Å². The summed E-state index contributed by atoms with van der Waals surface area (Å²) in [5, 5.41) is 3.39. The Balaban J connectivity index is 0.00000176. The summed E-state index contributed by atoms with van der Waals surface area (Å²) in [4.78, 5) is 25.1. The maximum atomic E-state index is 12.4. The molecule has 0 radical (unpaired) electrons. The Morgan fingerprint density at radius 1 is 1.32 bits per heavy atom. The first-order valence-electron chi connectivity index (χ1n) is 7.41. The minimum Gasteiger partial charge on any atom is -0.378 e. The highest BCUT2D eigenvalue weighted by Gasteiger charge is 2.22. The summed E-state index contributed by atoms with van der Waals surface area (Å²) >= 11 is 0. The van der Waals surface area contributed by atoms with Gasteiger partial charge in [-0.3, -0.25) is 9.78 Å². The van der Waals surface area contributed by atoms with Crippen LogP contribution in [0.15, 0.2) is 12.4 Å². The molecule has 3 rings (SSSR count). The lowest BCUT2D eigenvalue weighted by Gasteiger charge is -2.32. The number of nitrogens with one attached hydrogen (secondary N) is 1. The van der Waals surface area contributed by atoms with E-state index in [0.29, 0.717) is 38.0 Å². The van der Waals surface area contributed by atoms with E-state index in [4.69, 9.17) is 4.74 Å². The van der Waals surface area contributed by atoms with Crippen molar-refractivity contribution in [2.75, 3.05) is 50.8 Å². The van der Waals surface area contributed by atoms with Crippen LogP contribution in [0.1, 0.15) is 17.4 Å². The van der Waals surface area contributed by atoms with Crippen molar-refractivity contribution in [3.05, 3.63) is 18.1 Å². The van der Waals surface area contributed by atoms with Crippen molar-refractivity contribution >= 4 is 24.1 Å². The fourth-order valence-corrected chi connectivity index (χ4v) is 2.68. The largest absolute Gasteiger partial charge is 0.378 e. The topological polar surface area (TPSA) is 70.6 Å². The summed E-state index contributed by atoms with van der Waals surface area (Å²) in [6.07, 6.45) is 3.28. The van der Waals surface area contributed by atoms with Gasteiger partial charge in [0.2, 0.25) is 0 Å². The first-order valence-corrected chi connectivity index (χ1v) is 7.41. The molecule has 8 heteroatoms. The number of piperazine rings is 1. The van der Waals surface area contributed by atoms with Crippen LogP contribution >= 0.6 is 12.4 Å². The lowest BCUT2D eigenvalue weighted by molar-refractivity contribution is 0.0299. The Kier molecular flexibility index (Phi) is 5.93. The van der Waals surface area contributed by atoms with Crippen LogP contribution in [0.3, 0.4) is 0 Å². The molecular formula is C14H22ClN5O2. The van der Waals surface area contributed by atoms with Crippen LogP contribution in [0.2, 0.25) is 0 Å². The lowest BCUT2D eigenvalue weighted by atomic mass is 10.2. The molecule has 122 valence electrons. The molecule has 2 fully saturated rings. The first-order chi connectivity index (χ1) is 10.2. The van der Waals surface area contributed by atoms with Crippen molar-refractivity contribution in [2.45, 2.75) is 13.0 Å². The van der Waals surface area contributed by atoms with Gasteiger partial charge in [-0.25, -0.2) is 4.98 Å². The molecule has 0 aromatic carbocycles. The highest BCUT2D eigenvalue weighted by Crippen LogP contribution is 2.13. The van der Waals surface area contributed by atoms with Gasteiger partial charge in [0.15, 0.2) is 0 Å². The molecule has 2 aliphatic rings. The van der Waals surface area contributed by atoms with Crippen molar-refractivity contribution < 1.29 is 9.53 Å². The number of carbonyl (C=O) groups excluding carboxylic acids is 1. The Hall–Kier alpha value is -1.44. The number of anilines is 1. The van der Waals surface area contributed by atoms with Crippen LogP contribution in [-0.4, -0.2) is 72.8 Å². The number of halogens is 1. The maximum Gasteiger partial charge on any atom is 0.274 e. The minimum atomic E-state index is -0.0594. The van der Waals surface area contributed by atoms with E-state index in [1.807, 2.05) is 0 Å². The van der Waals surface area contributed by atoms with Gasteiger partial charge in [0.25, 0.3) is 5.91 Å². The second-order valence-electron chi connectivity index (χ2n) is 5.47. The minimum absolute atomic E-state index is 0. The average molecular weight is 328 g/mol. The second kappa shape index (κ2) is 7.71. The van der Waals surface area contributed by atoms with Crippen molar-refractivity contribution in [1.82, 2.24) is 20.2 Å². The third-order valence-electron chi connectivity index (χ3n) is 3.83.